The summed E-state index contributed by atoms with van der Waals surface area (Å²) in [6.07, 6.45) is 2.85. The largest absolute Gasteiger partial charge is 0.444 e. The first kappa shape index (κ1) is 17.0. The molecule has 1 atom stereocenters. The second-order valence-corrected chi connectivity index (χ2v) is 6.56. The highest BCUT2D eigenvalue weighted by Crippen LogP contribution is 2.21. The molecule has 0 radical (unpaired) electrons. The molecule has 0 aromatic carbocycles. The minimum Gasteiger partial charge on any atom is -0.444 e. The van der Waals surface area contributed by atoms with E-state index in [4.69, 9.17) is 4.74 Å². The summed E-state index contributed by atoms with van der Waals surface area (Å²) >= 11 is 0. The van der Waals surface area contributed by atoms with E-state index in [1.165, 1.54) is 12.3 Å². The molecular formula is C15H22N4O4. The molecule has 0 bridgehead atoms. The molecule has 1 aromatic heterocycles. The van der Waals surface area contributed by atoms with Crippen LogP contribution in [-0.2, 0) is 4.74 Å². The summed E-state index contributed by atoms with van der Waals surface area (Å²) in [5, 5.41) is 13.5. The number of anilines is 1. The lowest BCUT2D eigenvalue weighted by atomic mass is 10.1. The summed E-state index contributed by atoms with van der Waals surface area (Å²) in [5.74, 6) is -0.172. The number of nitro groups is 1. The van der Waals surface area contributed by atoms with Gasteiger partial charge in [-0.2, -0.15) is 0 Å². The number of aromatic nitrogens is 1. The maximum atomic E-state index is 11.9. The van der Waals surface area contributed by atoms with Crippen LogP contribution in [-0.4, -0.2) is 40.7 Å². The molecule has 1 N–H and O–H groups in total. The van der Waals surface area contributed by atoms with E-state index in [0.29, 0.717) is 6.54 Å². The third-order valence-electron chi connectivity index (χ3n) is 3.43. The molecule has 1 aliphatic rings. The van der Waals surface area contributed by atoms with Crippen molar-refractivity contribution in [3.05, 3.63) is 28.4 Å². The summed E-state index contributed by atoms with van der Waals surface area (Å²) in [4.78, 5) is 27.9. The summed E-state index contributed by atoms with van der Waals surface area (Å²) in [6.45, 7) is 6.91. The SMILES string of the molecule is CC(C)(C)OC(=O)N[C@@H]1CCCN(c2ccc([N+](=O)[O-])nc2)C1. The fraction of sp³-hybridized carbons (Fsp3) is 0.600. The second-order valence-electron chi connectivity index (χ2n) is 6.56. The zero-order chi connectivity index (χ0) is 17.0. The third kappa shape index (κ3) is 5.08. The molecular weight excluding hydrogens is 300 g/mol. The van der Waals surface area contributed by atoms with Crippen molar-refractivity contribution in [1.29, 1.82) is 0 Å². The van der Waals surface area contributed by atoms with Gasteiger partial charge in [0, 0.05) is 25.2 Å². The van der Waals surface area contributed by atoms with Gasteiger partial charge in [-0.1, -0.05) is 0 Å². The molecule has 1 aliphatic heterocycles. The summed E-state index contributed by atoms with van der Waals surface area (Å²) in [5.41, 5.74) is 0.284. The van der Waals surface area contributed by atoms with E-state index >= 15 is 0 Å². The number of hydrogen-bond donors (Lipinski definition) is 1. The van der Waals surface area contributed by atoms with E-state index in [9.17, 15) is 14.9 Å². The first-order valence-electron chi connectivity index (χ1n) is 7.59. The van der Waals surface area contributed by atoms with Gasteiger partial charge in [0.25, 0.3) is 0 Å². The van der Waals surface area contributed by atoms with Crippen molar-refractivity contribution >= 4 is 17.6 Å². The van der Waals surface area contributed by atoms with Crippen LogP contribution in [0.4, 0.5) is 16.3 Å². The lowest BCUT2D eigenvalue weighted by molar-refractivity contribution is -0.389. The van der Waals surface area contributed by atoms with E-state index in [1.807, 2.05) is 20.8 Å². The van der Waals surface area contributed by atoms with E-state index in [0.717, 1.165) is 25.1 Å². The van der Waals surface area contributed by atoms with Crippen molar-refractivity contribution < 1.29 is 14.5 Å². The Hall–Kier alpha value is -2.38. The van der Waals surface area contributed by atoms with Crippen LogP contribution in [0.1, 0.15) is 33.6 Å². The first-order chi connectivity index (χ1) is 10.7. The molecule has 0 spiro atoms. The fourth-order valence-electron chi connectivity index (χ4n) is 2.48. The van der Waals surface area contributed by atoms with Crippen molar-refractivity contribution in [2.45, 2.75) is 45.3 Å². The van der Waals surface area contributed by atoms with E-state index in [2.05, 4.69) is 15.2 Å². The quantitative estimate of drug-likeness (QED) is 0.678. The Labute approximate surface area is 135 Å². The van der Waals surface area contributed by atoms with Crippen LogP contribution in [0.2, 0.25) is 0 Å². The number of carbonyl (C=O) groups is 1. The highest BCUT2D eigenvalue weighted by atomic mass is 16.6. The van der Waals surface area contributed by atoms with E-state index in [1.54, 1.807) is 6.07 Å². The molecule has 8 heteroatoms. The zero-order valence-electron chi connectivity index (χ0n) is 13.6. The molecule has 0 saturated carbocycles. The van der Waals surface area contributed by atoms with Gasteiger partial charge >= 0.3 is 11.9 Å². The lowest BCUT2D eigenvalue weighted by Gasteiger charge is -2.34. The molecule has 1 fully saturated rings. The van der Waals surface area contributed by atoms with Crippen LogP contribution in [0.25, 0.3) is 0 Å². The van der Waals surface area contributed by atoms with Crippen LogP contribution in [0.3, 0.4) is 0 Å². The number of piperidine rings is 1. The Morgan fingerprint density at radius 1 is 1.48 bits per heavy atom. The van der Waals surface area contributed by atoms with E-state index in [-0.39, 0.29) is 11.9 Å². The molecule has 2 rings (SSSR count). The molecule has 0 aliphatic carbocycles. The number of pyridine rings is 1. The zero-order valence-corrected chi connectivity index (χ0v) is 13.6. The molecule has 126 valence electrons. The highest BCUT2D eigenvalue weighted by Gasteiger charge is 2.25. The number of alkyl carbamates (subject to hydrolysis) is 1. The minimum absolute atomic E-state index is 0.0196. The molecule has 1 amide bonds. The maximum Gasteiger partial charge on any atom is 0.407 e. The van der Waals surface area contributed by atoms with Gasteiger partial charge in [0.2, 0.25) is 0 Å². The monoisotopic (exact) mass is 322 g/mol. The number of nitrogens with one attached hydrogen (secondary N) is 1. The standard InChI is InChI=1S/C15H22N4O4/c1-15(2,3)23-14(20)17-11-5-4-8-18(10-11)12-6-7-13(16-9-12)19(21)22/h6-7,9,11H,4-5,8,10H2,1-3H3,(H,17,20)/t11-/m1/s1. The normalized spacial score (nSPS) is 18.4. The molecule has 8 nitrogen and oxygen atoms in total. The van der Waals surface area contributed by atoms with Crippen molar-refractivity contribution in [1.82, 2.24) is 10.3 Å². The van der Waals surface area contributed by atoms with Crippen LogP contribution in [0.5, 0.6) is 0 Å². The molecule has 1 aromatic rings. The molecule has 23 heavy (non-hydrogen) atoms. The number of hydrogen-bond acceptors (Lipinski definition) is 6. The van der Waals surface area contributed by atoms with Gasteiger partial charge in [0.1, 0.15) is 5.60 Å². The highest BCUT2D eigenvalue weighted by molar-refractivity contribution is 5.68. The topological polar surface area (TPSA) is 97.6 Å². The average Bonchev–Trinajstić information content (AvgIpc) is 2.45. The van der Waals surface area contributed by atoms with Gasteiger partial charge in [-0.15, -0.1) is 0 Å². The number of amides is 1. The van der Waals surface area contributed by atoms with Crippen LogP contribution in [0.15, 0.2) is 18.3 Å². The van der Waals surface area contributed by atoms with Crippen LogP contribution >= 0.6 is 0 Å². The first-order valence-corrected chi connectivity index (χ1v) is 7.59. The Morgan fingerprint density at radius 3 is 2.78 bits per heavy atom. The fourth-order valence-corrected chi connectivity index (χ4v) is 2.48. The molecule has 2 heterocycles. The lowest BCUT2D eigenvalue weighted by Crippen LogP contribution is -2.49. The van der Waals surface area contributed by atoms with Gasteiger partial charge in [0.15, 0.2) is 6.20 Å². The minimum atomic E-state index is -0.527. The van der Waals surface area contributed by atoms with Gasteiger partial charge in [-0.25, -0.2) is 4.79 Å². The van der Waals surface area contributed by atoms with Crippen LogP contribution in [0, 0.1) is 10.1 Å². The predicted molar refractivity (Wildman–Crippen MR) is 85.5 cm³/mol. The Balaban J connectivity index is 1.95. The Kier molecular flexibility index (Phi) is 5.02. The van der Waals surface area contributed by atoms with Crippen molar-refractivity contribution in [3.8, 4) is 0 Å². The average molecular weight is 322 g/mol. The van der Waals surface area contributed by atoms with Crippen molar-refractivity contribution in [2.75, 3.05) is 18.0 Å². The van der Waals surface area contributed by atoms with Gasteiger partial charge in [-0.05, 0) is 49.6 Å². The number of ether oxygens (including phenoxy) is 1. The molecule has 0 unspecified atom stereocenters. The second kappa shape index (κ2) is 6.80. The summed E-state index contributed by atoms with van der Waals surface area (Å²) < 4.78 is 5.27. The van der Waals surface area contributed by atoms with Crippen LogP contribution < -0.4 is 10.2 Å². The molecule has 1 saturated heterocycles. The predicted octanol–water partition coefficient (Wildman–Crippen LogP) is 2.48. The van der Waals surface area contributed by atoms with Gasteiger partial charge in [0.05, 0.1) is 5.69 Å². The number of rotatable bonds is 3. The number of carbonyl (C=O) groups excluding carboxylic acids is 1. The smallest absolute Gasteiger partial charge is 0.407 e. The van der Waals surface area contributed by atoms with Crippen molar-refractivity contribution in [3.63, 3.8) is 0 Å². The Bertz CT molecular complexity index is 568. The van der Waals surface area contributed by atoms with Gasteiger partial charge in [-0.3, -0.25) is 0 Å². The maximum absolute atomic E-state index is 11.9. The van der Waals surface area contributed by atoms with Gasteiger partial charge < -0.3 is 25.1 Å². The number of nitrogens with zero attached hydrogens (tertiary/aromatic N) is 3. The summed E-state index contributed by atoms with van der Waals surface area (Å²) in [7, 11) is 0. The summed E-state index contributed by atoms with van der Waals surface area (Å²) in [6, 6.07) is 3.05. The third-order valence-corrected chi connectivity index (χ3v) is 3.43. The van der Waals surface area contributed by atoms with Crippen molar-refractivity contribution in [2.24, 2.45) is 0 Å². The Morgan fingerprint density at radius 2 is 2.22 bits per heavy atom. The van der Waals surface area contributed by atoms with E-state index < -0.39 is 16.6 Å².